The normalized spacial score (nSPS) is 15.9. The molecule has 0 saturated carbocycles. The van der Waals surface area contributed by atoms with Crippen LogP contribution in [0, 0.1) is 13.8 Å². The summed E-state index contributed by atoms with van der Waals surface area (Å²) in [6.45, 7) is 6.64. The fourth-order valence-corrected chi connectivity index (χ4v) is 3.12. The molecule has 0 spiro atoms. The van der Waals surface area contributed by atoms with E-state index in [0.717, 1.165) is 34.4 Å². The molecule has 1 aromatic rings. The molecule has 1 heterocycles. The first-order valence-electron chi connectivity index (χ1n) is 6.35. The summed E-state index contributed by atoms with van der Waals surface area (Å²) in [5.74, 6) is 0.0884. The molecule has 1 amide bonds. The van der Waals surface area contributed by atoms with E-state index >= 15 is 0 Å². The van der Waals surface area contributed by atoms with Gasteiger partial charge in [-0.3, -0.25) is 9.69 Å². The number of halogens is 1. The van der Waals surface area contributed by atoms with Crippen molar-refractivity contribution >= 4 is 27.5 Å². The first-order valence-corrected chi connectivity index (χ1v) is 7.14. The molecule has 0 unspecified atom stereocenters. The zero-order valence-corrected chi connectivity index (χ0v) is 12.5. The summed E-state index contributed by atoms with van der Waals surface area (Å²) in [7, 11) is 0. The highest BCUT2D eigenvalue weighted by molar-refractivity contribution is 9.10. The van der Waals surface area contributed by atoms with Gasteiger partial charge in [-0.05, 0) is 63.0 Å². The van der Waals surface area contributed by atoms with E-state index in [4.69, 9.17) is 0 Å². The Kier molecular flexibility index (Phi) is 4.40. The quantitative estimate of drug-likeness (QED) is 0.930. The van der Waals surface area contributed by atoms with Crippen molar-refractivity contribution in [2.75, 3.05) is 25.0 Å². The van der Waals surface area contributed by atoms with Crippen molar-refractivity contribution in [3.63, 3.8) is 0 Å². The molecule has 18 heavy (non-hydrogen) atoms. The number of hydrogen-bond acceptors (Lipinski definition) is 2. The summed E-state index contributed by atoms with van der Waals surface area (Å²) < 4.78 is 1.05. The van der Waals surface area contributed by atoms with E-state index in [-0.39, 0.29) is 5.91 Å². The number of rotatable bonds is 3. The summed E-state index contributed by atoms with van der Waals surface area (Å²) in [4.78, 5) is 14.2. The Labute approximate surface area is 117 Å². The van der Waals surface area contributed by atoms with Gasteiger partial charge in [-0.2, -0.15) is 0 Å². The Hall–Kier alpha value is -0.870. The lowest BCUT2D eigenvalue weighted by molar-refractivity contribution is -0.117. The smallest absolute Gasteiger partial charge is 0.238 e. The van der Waals surface area contributed by atoms with Crippen molar-refractivity contribution in [3.05, 3.63) is 27.7 Å². The number of aryl methyl sites for hydroxylation is 2. The molecule has 0 aromatic heterocycles. The molecule has 4 heteroatoms. The first kappa shape index (κ1) is 13.6. The van der Waals surface area contributed by atoms with Gasteiger partial charge in [0, 0.05) is 10.2 Å². The monoisotopic (exact) mass is 310 g/mol. The van der Waals surface area contributed by atoms with Gasteiger partial charge in [0.15, 0.2) is 0 Å². The molecule has 2 rings (SSSR count). The number of amides is 1. The van der Waals surface area contributed by atoms with Gasteiger partial charge in [0.05, 0.1) is 6.54 Å². The molecule has 98 valence electrons. The van der Waals surface area contributed by atoms with Crippen LogP contribution in [0.2, 0.25) is 0 Å². The average Bonchev–Trinajstić information content (AvgIpc) is 2.76. The maximum absolute atomic E-state index is 12.0. The van der Waals surface area contributed by atoms with Crippen molar-refractivity contribution < 1.29 is 4.79 Å². The van der Waals surface area contributed by atoms with E-state index in [1.54, 1.807) is 0 Å². The third-order valence-electron chi connectivity index (χ3n) is 3.33. The van der Waals surface area contributed by atoms with Crippen LogP contribution in [0.15, 0.2) is 16.6 Å². The first-order chi connectivity index (χ1) is 8.56. The number of nitrogens with zero attached hydrogens (tertiary/aromatic N) is 1. The van der Waals surface area contributed by atoms with Crippen LogP contribution < -0.4 is 5.32 Å². The van der Waals surface area contributed by atoms with E-state index in [1.807, 2.05) is 26.0 Å². The predicted octanol–water partition coefficient (Wildman–Crippen LogP) is 3.10. The molecule has 0 aliphatic carbocycles. The third kappa shape index (κ3) is 3.33. The molecule has 0 radical (unpaired) electrons. The molecular weight excluding hydrogens is 292 g/mol. The summed E-state index contributed by atoms with van der Waals surface area (Å²) in [5, 5.41) is 3.03. The minimum Gasteiger partial charge on any atom is -0.324 e. The molecular formula is C14H19BrN2O. The second-order valence-electron chi connectivity index (χ2n) is 4.95. The van der Waals surface area contributed by atoms with E-state index in [2.05, 4.69) is 26.1 Å². The van der Waals surface area contributed by atoms with E-state index in [0.29, 0.717) is 6.54 Å². The van der Waals surface area contributed by atoms with Crippen LogP contribution in [-0.4, -0.2) is 30.4 Å². The minimum atomic E-state index is 0.0884. The van der Waals surface area contributed by atoms with Crippen molar-refractivity contribution in [2.24, 2.45) is 0 Å². The highest BCUT2D eigenvalue weighted by Gasteiger charge is 2.16. The lowest BCUT2D eigenvalue weighted by Crippen LogP contribution is -2.31. The summed E-state index contributed by atoms with van der Waals surface area (Å²) in [6, 6.07) is 4.05. The van der Waals surface area contributed by atoms with Crippen molar-refractivity contribution in [2.45, 2.75) is 26.7 Å². The molecule has 1 N–H and O–H groups in total. The highest BCUT2D eigenvalue weighted by atomic mass is 79.9. The van der Waals surface area contributed by atoms with Crippen LogP contribution >= 0.6 is 15.9 Å². The lowest BCUT2D eigenvalue weighted by atomic mass is 10.1. The SMILES string of the molecule is Cc1cc(Br)cc(C)c1NC(=O)CN1CCCC1. The largest absolute Gasteiger partial charge is 0.324 e. The molecule has 3 nitrogen and oxygen atoms in total. The van der Waals surface area contributed by atoms with Gasteiger partial charge in [0.2, 0.25) is 5.91 Å². The van der Waals surface area contributed by atoms with Crippen molar-refractivity contribution in [1.82, 2.24) is 4.90 Å². The molecule has 1 fully saturated rings. The second-order valence-corrected chi connectivity index (χ2v) is 5.86. The standard InChI is InChI=1S/C14H19BrN2O/c1-10-7-12(15)8-11(2)14(10)16-13(18)9-17-5-3-4-6-17/h7-8H,3-6,9H2,1-2H3,(H,16,18). The number of hydrogen-bond donors (Lipinski definition) is 1. The summed E-state index contributed by atoms with van der Waals surface area (Å²) in [6.07, 6.45) is 2.42. The summed E-state index contributed by atoms with van der Waals surface area (Å²) in [5.41, 5.74) is 3.13. The fraction of sp³-hybridized carbons (Fsp3) is 0.500. The van der Waals surface area contributed by atoms with Crippen molar-refractivity contribution in [3.8, 4) is 0 Å². The Bertz CT molecular complexity index is 430. The topological polar surface area (TPSA) is 32.3 Å². The van der Waals surface area contributed by atoms with Gasteiger partial charge in [0.25, 0.3) is 0 Å². The van der Waals surface area contributed by atoms with Crippen LogP contribution in [0.4, 0.5) is 5.69 Å². The zero-order valence-electron chi connectivity index (χ0n) is 10.9. The van der Waals surface area contributed by atoms with Gasteiger partial charge in [0.1, 0.15) is 0 Å². The van der Waals surface area contributed by atoms with Gasteiger partial charge < -0.3 is 5.32 Å². The lowest BCUT2D eigenvalue weighted by Gasteiger charge is -2.16. The van der Waals surface area contributed by atoms with Gasteiger partial charge in [-0.15, -0.1) is 0 Å². The Morgan fingerprint density at radius 3 is 2.39 bits per heavy atom. The number of carbonyl (C=O) groups is 1. The van der Waals surface area contributed by atoms with Crippen LogP contribution in [-0.2, 0) is 4.79 Å². The van der Waals surface area contributed by atoms with Crippen LogP contribution in [0.25, 0.3) is 0 Å². The number of nitrogens with one attached hydrogen (secondary N) is 1. The average molecular weight is 311 g/mol. The van der Waals surface area contributed by atoms with Crippen LogP contribution in [0.1, 0.15) is 24.0 Å². The third-order valence-corrected chi connectivity index (χ3v) is 3.79. The van der Waals surface area contributed by atoms with Gasteiger partial charge >= 0.3 is 0 Å². The molecule has 0 atom stereocenters. The summed E-state index contributed by atoms with van der Waals surface area (Å²) >= 11 is 3.46. The number of benzene rings is 1. The molecule has 1 saturated heterocycles. The Morgan fingerprint density at radius 1 is 1.28 bits per heavy atom. The maximum Gasteiger partial charge on any atom is 0.238 e. The van der Waals surface area contributed by atoms with E-state index < -0.39 is 0 Å². The molecule has 1 aromatic carbocycles. The number of anilines is 1. The molecule has 1 aliphatic rings. The predicted molar refractivity (Wildman–Crippen MR) is 77.9 cm³/mol. The zero-order chi connectivity index (χ0) is 13.1. The molecule has 1 aliphatic heterocycles. The second kappa shape index (κ2) is 5.85. The van der Waals surface area contributed by atoms with E-state index in [1.165, 1.54) is 12.8 Å². The van der Waals surface area contributed by atoms with Gasteiger partial charge in [-0.25, -0.2) is 0 Å². The van der Waals surface area contributed by atoms with Crippen molar-refractivity contribution in [1.29, 1.82) is 0 Å². The fourth-order valence-electron chi connectivity index (χ4n) is 2.43. The highest BCUT2D eigenvalue weighted by Crippen LogP contribution is 2.25. The molecule has 0 bridgehead atoms. The van der Waals surface area contributed by atoms with Crippen LogP contribution in [0.5, 0.6) is 0 Å². The minimum absolute atomic E-state index is 0.0884. The Morgan fingerprint density at radius 2 is 1.83 bits per heavy atom. The Balaban J connectivity index is 2.02. The maximum atomic E-state index is 12.0. The number of likely N-dealkylation sites (tertiary alicyclic amines) is 1. The van der Waals surface area contributed by atoms with Gasteiger partial charge in [-0.1, -0.05) is 15.9 Å². The number of carbonyl (C=O) groups excluding carboxylic acids is 1. The van der Waals surface area contributed by atoms with Crippen LogP contribution in [0.3, 0.4) is 0 Å². The van der Waals surface area contributed by atoms with E-state index in [9.17, 15) is 4.79 Å².